The second kappa shape index (κ2) is 8.51. The Morgan fingerprint density at radius 2 is 1.93 bits per heavy atom. The van der Waals surface area contributed by atoms with E-state index in [1.807, 2.05) is 24.3 Å². The molecule has 1 aromatic rings. The predicted molar refractivity (Wildman–Crippen MR) is 114 cm³/mol. The first-order valence-electron chi connectivity index (χ1n) is 11.9. The molecule has 2 N–H and O–H groups in total. The largest absolute Gasteiger partial charge is 0.494 e. The van der Waals surface area contributed by atoms with Crippen LogP contribution in [0.15, 0.2) is 24.3 Å². The van der Waals surface area contributed by atoms with E-state index in [1.165, 1.54) is 19.3 Å². The summed E-state index contributed by atoms with van der Waals surface area (Å²) < 4.78 is 11.4. The minimum atomic E-state index is -0.406. The van der Waals surface area contributed by atoms with Crippen LogP contribution in [0, 0.1) is 29.6 Å². The molecule has 5 fully saturated rings. The number of carbonyl (C=O) groups is 1. The van der Waals surface area contributed by atoms with Gasteiger partial charge in [0, 0.05) is 25.3 Å². The number of carbonyl (C=O) groups excluding carboxylic acids is 1. The first kappa shape index (κ1) is 20.3. The van der Waals surface area contributed by atoms with E-state index < -0.39 is 5.60 Å². The fraction of sp³-hybridized carbons (Fsp3) is 0.720. The normalized spacial score (nSPS) is 37.2. The molecular weight excluding hydrogens is 378 g/mol. The summed E-state index contributed by atoms with van der Waals surface area (Å²) in [6.45, 7) is 3.17. The van der Waals surface area contributed by atoms with Crippen LogP contribution < -0.4 is 10.1 Å². The number of amides is 1. The van der Waals surface area contributed by atoms with E-state index in [0.29, 0.717) is 41.8 Å². The first-order valence-corrected chi connectivity index (χ1v) is 11.9. The van der Waals surface area contributed by atoms with Crippen LogP contribution in [0.5, 0.6) is 5.75 Å². The smallest absolute Gasteiger partial charge is 0.251 e. The van der Waals surface area contributed by atoms with Crippen molar-refractivity contribution in [2.45, 2.75) is 57.0 Å². The Morgan fingerprint density at radius 1 is 1.17 bits per heavy atom. The molecule has 1 aromatic carbocycles. The Morgan fingerprint density at radius 3 is 2.60 bits per heavy atom. The van der Waals surface area contributed by atoms with Crippen molar-refractivity contribution < 1.29 is 19.4 Å². The third-order valence-corrected chi connectivity index (χ3v) is 8.10. The van der Waals surface area contributed by atoms with Gasteiger partial charge in [-0.05, 0) is 105 Å². The highest BCUT2D eigenvalue weighted by Crippen LogP contribution is 2.58. The predicted octanol–water partition coefficient (Wildman–Crippen LogP) is 3.80. The highest BCUT2D eigenvalue weighted by atomic mass is 16.5. The van der Waals surface area contributed by atoms with Crippen molar-refractivity contribution in [3.63, 3.8) is 0 Å². The van der Waals surface area contributed by atoms with Gasteiger partial charge in [0.05, 0.1) is 12.2 Å². The zero-order valence-corrected chi connectivity index (χ0v) is 17.9. The van der Waals surface area contributed by atoms with Gasteiger partial charge >= 0.3 is 0 Å². The minimum absolute atomic E-state index is 0.00609. The van der Waals surface area contributed by atoms with Gasteiger partial charge < -0.3 is 19.9 Å². The van der Waals surface area contributed by atoms with Gasteiger partial charge in [-0.15, -0.1) is 0 Å². The average molecular weight is 414 g/mol. The van der Waals surface area contributed by atoms with Crippen molar-refractivity contribution in [3.05, 3.63) is 29.8 Å². The summed E-state index contributed by atoms with van der Waals surface area (Å²) in [6.07, 6.45) is 8.73. The van der Waals surface area contributed by atoms with Crippen molar-refractivity contribution in [1.29, 1.82) is 0 Å². The van der Waals surface area contributed by atoms with Crippen LogP contribution in [0.25, 0.3) is 0 Å². The molecule has 1 heterocycles. The van der Waals surface area contributed by atoms with Crippen LogP contribution in [-0.2, 0) is 4.74 Å². The average Bonchev–Trinajstić information content (AvgIpc) is 2.73. The maximum atomic E-state index is 12.7. The number of benzene rings is 1. The number of ether oxygens (including phenoxy) is 2. The topological polar surface area (TPSA) is 67.8 Å². The third-order valence-electron chi connectivity index (χ3n) is 8.10. The summed E-state index contributed by atoms with van der Waals surface area (Å²) >= 11 is 0. The van der Waals surface area contributed by atoms with Crippen LogP contribution in [0.3, 0.4) is 0 Å². The van der Waals surface area contributed by atoms with Gasteiger partial charge in [0.15, 0.2) is 0 Å². The fourth-order valence-electron chi connectivity index (χ4n) is 6.81. The van der Waals surface area contributed by atoms with E-state index >= 15 is 0 Å². The van der Waals surface area contributed by atoms with E-state index in [4.69, 9.17) is 9.47 Å². The molecule has 4 bridgehead atoms. The number of aliphatic hydroxyl groups is 1. The molecule has 3 atom stereocenters. The number of rotatable bonds is 7. The molecule has 4 saturated carbocycles. The number of nitrogens with one attached hydrogen (secondary N) is 1. The molecule has 0 spiro atoms. The van der Waals surface area contributed by atoms with E-state index in [1.54, 1.807) is 0 Å². The summed E-state index contributed by atoms with van der Waals surface area (Å²) in [6, 6.07) is 7.50. The van der Waals surface area contributed by atoms with Gasteiger partial charge in [0.2, 0.25) is 0 Å². The number of hydrogen-bond donors (Lipinski definition) is 2. The highest BCUT2D eigenvalue weighted by molar-refractivity contribution is 5.94. The SMILES string of the molecule is O=C(NCC1C2CC3CC1CC(O)(C3)C2)c1ccc(OCCC2CCCOC2)cc1. The Hall–Kier alpha value is -1.59. The lowest BCUT2D eigenvalue weighted by Gasteiger charge is -2.58. The van der Waals surface area contributed by atoms with Crippen molar-refractivity contribution >= 4 is 5.91 Å². The fourth-order valence-corrected chi connectivity index (χ4v) is 6.81. The van der Waals surface area contributed by atoms with Gasteiger partial charge in [-0.25, -0.2) is 0 Å². The Bertz CT molecular complexity index is 726. The second-order valence-corrected chi connectivity index (χ2v) is 10.3. The molecule has 4 aliphatic carbocycles. The van der Waals surface area contributed by atoms with Crippen molar-refractivity contribution in [3.8, 4) is 5.75 Å². The van der Waals surface area contributed by atoms with Crippen LogP contribution in [0.2, 0.25) is 0 Å². The lowest BCUT2D eigenvalue weighted by Crippen LogP contribution is -2.56. The standard InChI is InChI=1S/C25H35NO4/c27-24(26-15-23-20-10-18-11-21(23)14-25(28,12-18)13-20)19-3-5-22(6-4-19)30-9-7-17-2-1-8-29-16-17/h3-6,17-18,20-21,23,28H,1-2,7-16H2,(H,26,27). The minimum Gasteiger partial charge on any atom is -0.494 e. The van der Waals surface area contributed by atoms with E-state index in [-0.39, 0.29) is 5.91 Å². The zero-order valence-electron chi connectivity index (χ0n) is 17.9. The Kier molecular flexibility index (Phi) is 5.76. The van der Waals surface area contributed by atoms with Gasteiger partial charge in [0.25, 0.3) is 5.91 Å². The lowest BCUT2D eigenvalue weighted by molar-refractivity contribution is -0.150. The van der Waals surface area contributed by atoms with Crippen LogP contribution >= 0.6 is 0 Å². The molecule has 30 heavy (non-hydrogen) atoms. The Balaban J connectivity index is 1.08. The maximum Gasteiger partial charge on any atom is 0.251 e. The molecule has 164 valence electrons. The molecule has 1 aliphatic heterocycles. The molecule has 0 aromatic heterocycles. The molecule has 3 unspecified atom stereocenters. The van der Waals surface area contributed by atoms with Crippen LogP contribution in [0.1, 0.15) is 61.7 Å². The molecule has 6 rings (SSSR count). The maximum absolute atomic E-state index is 12.7. The molecule has 5 heteroatoms. The molecule has 1 amide bonds. The van der Waals surface area contributed by atoms with Gasteiger partial charge in [-0.2, -0.15) is 0 Å². The summed E-state index contributed by atoms with van der Waals surface area (Å²) in [5.74, 6) is 3.80. The quantitative estimate of drug-likeness (QED) is 0.714. The summed E-state index contributed by atoms with van der Waals surface area (Å²) in [5, 5.41) is 13.9. The number of hydrogen-bond acceptors (Lipinski definition) is 4. The van der Waals surface area contributed by atoms with E-state index in [2.05, 4.69) is 5.32 Å². The monoisotopic (exact) mass is 413 g/mol. The van der Waals surface area contributed by atoms with E-state index in [9.17, 15) is 9.90 Å². The van der Waals surface area contributed by atoms with Gasteiger partial charge in [0.1, 0.15) is 5.75 Å². The molecule has 1 saturated heterocycles. The van der Waals surface area contributed by atoms with Crippen molar-refractivity contribution in [2.75, 3.05) is 26.4 Å². The van der Waals surface area contributed by atoms with Crippen molar-refractivity contribution in [1.82, 2.24) is 5.32 Å². The third kappa shape index (κ3) is 4.38. The molecule has 5 aliphatic rings. The molecule has 0 radical (unpaired) electrons. The summed E-state index contributed by atoms with van der Waals surface area (Å²) in [5.41, 5.74) is 0.280. The van der Waals surface area contributed by atoms with Crippen LogP contribution in [0.4, 0.5) is 0 Å². The van der Waals surface area contributed by atoms with Gasteiger partial charge in [-0.3, -0.25) is 4.79 Å². The van der Waals surface area contributed by atoms with E-state index in [0.717, 1.165) is 57.6 Å². The molecular formula is C25H35NO4. The molecule has 5 nitrogen and oxygen atoms in total. The zero-order chi connectivity index (χ0) is 20.6. The van der Waals surface area contributed by atoms with Gasteiger partial charge in [-0.1, -0.05) is 0 Å². The lowest BCUT2D eigenvalue weighted by atomic mass is 9.50. The summed E-state index contributed by atoms with van der Waals surface area (Å²) in [4.78, 5) is 12.7. The first-order chi connectivity index (χ1) is 14.6. The highest BCUT2D eigenvalue weighted by Gasteiger charge is 2.54. The van der Waals surface area contributed by atoms with Crippen molar-refractivity contribution in [2.24, 2.45) is 29.6 Å². The Labute approximate surface area is 179 Å². The summed E-state index contributed by atoms with van der Waals surface area (Å²) in [7, 11) is 0. The van der Waals surface area contributed by atoms with Crippen LogP contribution in [-0.4, -0.2) is 43.0 Å². The second-order valence-electron chi connectivity index (χ2n) is 10.3.